The second kappa shape index (κ2) is 17.5. The van der Waals surface area contributed by atoms with Gasteiger partial charge in [0.25, 0.3) is 0 Å². The molecule has 0 aromatic heterocycles. The molecule has 38 heavy (non-hydrogen) atoms. The topological polar surface area (TPSA) is 290 Å². The number of hydrogen-bond donors (Lipinski definition) is 9. The number of nitrogens with zero attached hydrogens (tertiary/aromatic N) is 1. The Morgan fingerprint density at radius 1 is 0.789 bits per heavy atom. The van der Waals surface area contributed by atoms with Crippen molar-refractivity contribution in [1.29, 1.82) is 0 Å². The SMILES string of the molecule is CCC(C)C(NC(=O)C(CCCN=C(N)N)NC(=O)C(CCC(=O)O)NC(=O)C(N)CCC(=O)O)C(=O)O. The Kier molecular flexibility index (Phi) is 15.7. The van der Waals surface area contributed by atoms with Crippen molar-refractivity contribution in [3.63, 3.8) is 0 Å². The molecule has 0 saturated carbocycles. The molecule has 3 amide bonds. The number of aliphatic imine (C=N–C) groups is 1. The number of aliphatic carboxylic acids is 3. The molecule has 216 valence electrons. The molecule has 0 aliphatic carbocycles. The minimum absolute atomic E-state index is 0.0150. The molecule has 0 aromatic rings. The molecule has 5 atom stereocenters. The summed E-state index contributed by atoms with van der Waals surface area (Å²) in [4.78, 5) is 75.7. The van der Waals surface area contributed by atoms with E-state index < -0.39 is 78.6 Å². The molecular formula is C22H39N7O9. The molecule has 0 heterocycles. The highest BCUT2D eigenvalue weighted by Crippen LogP contribution is 2.10. The van der Waals surface area contributed by atoms with Crippen LogP contribution in [-0.4, -0.2) is 87.6 Å². The number of rotatable bonds is 19. The molecule has 12 N–H and O–H groups in total. The summed E-state index contributed by atoms with van der Waals surface area (Å²) < 4.78 is 0. The summed E-state index contributed by atoms with van der Waals surface area (Å²) in [6.07, 6.45) is -0.854. The van der Waals surface area contributed by atoms with E-state index in [9.17, 15) is 33.9 Å². The Hall–Kier alpha value is -3.95. The third-order valence-corrected chi connectivity index (χ3v) is 5.64. The lowest BCUT2D eigenvalue weighted by molar-refractivity contribution is -0.144. The van der Waals surface area contributed by atoms with E-state index >= 15 is 0 Å². The standard InChI is InChI=1S/C22H39N7O9/c1-3-11(2)17(21(37)38)29-20(36)13(5-4-10-26-22(24)25)28-19(35)14(7-9-16(32)33)27-18(34)12(23)6-8-15(30)31/h11-14,17H,3-10,23H2,1-2H3,(H,27,34)(H,28,35)(H,29,36)(H,30,31)(H,32,33)(H,37,38)(H4,24,25,26). The first kappa shape index (κ1) is 34.0. The van der Waals surface area contributed by atoms with Gasteiger partial charge in [-0.15, -0.1) is 0 Å². The van der Waals surface area contributed by atoms with Crippen molar-refractivity contribution in [3.05, 3.63) is 0 Å². The summed E-state index contributed by atoms with van der Waals surface area (Å²) in [5.41, 5.74) is 16.2. The molecule has 16 heteroatoms. The van der Waals surface area contributed by atoms with Gasteiger partial charge in [0.15, 0.2) is 5.96 Å². The summed E-state index contributed by atoms with van der Waals surface area (Å²) in [6.45, 7) is 3.49. The maximum atomic E-state index is 13.0. The maximum absolute atomic E-state index is 13.0. The van der Waals surface area contributed by atoms with E-state index in [0.717, 1.165) is 0 Å². The fourth-order valence-electron chi connectivity index (χ4n) is 3.21. The number of carboxylic acids is 3. The van der Waals surface area contributed by atoms with E-state index in [4.69, 9.17) is 27.4 Å². The number of amides is 3. The van der Waals surface area contributed by atoms with Crippen molar-refractivity contribution in [1.82, 2.24) is 16.0 Å². The predicted octanol–water partition coefficient (Wildman–Crippen LogP) is -2.32. The zero-order valence-electron chi connectivity index (χ0n) is 21.5. The fraction of sp³-hybridized carbons (Fsp3) is 0.682. The average molecular weight is 546 g/mol. The average Bonchev–Trinajstić information content (AvgIpc) is 2.83. The molecule has 0 spiro atoms. The summed E-state index contributed by atoms with van der Waals surface area (Å²) >= 11 is 0. The monoisotopic (exact) mass is 545 g/mol. The van der Waals surface area contributed by atoms with Crippen LogP contribution in [0.1, 0.15) is 58.8 Å². The minimum atomic E-state index is -1.42. The third kappa shape index (κ3) is 14.0. The van der Waals surface area contributed by atoms with Crippen LogP contribution in [0.5, 0.6) is 0 Å². The number of carboxylic acid groups (broad SMARTS) is 3. The van der Waals surface area contributed by atoms with E-state index in [-0.39, 0.29) is 38.2 Å². The Bertz CT molecular complexity index is 877. The first-order valence-corrected chi connectivity index (χ1v) is 12.1. The molecular weight excluding hydrogens is 506 g/mol. The van der Waals surface area contributed by atoms with Gasteiger partial charge in [-0.3, -0.25) is 29.0 Å². The van der Waals surface area contributed by atoms with Gasteiger partial charge in [0.2, 0.25) is 17.7 Å². The smallest absolute Gasteiger partial charge is 0.326 e. The Labute approximate surface area is 219 Å². The highest BCUT2D eigenvalue weighted by atomic mass is 16.4. The van der Waals surface area contributed by atoms with Crippen LogP contribution in [0, 0.1) is 5.92 Å². The first-order valence-electron chi connectivity index (χ1n) is 12.1. The van der Waals surface area contributed by atoms with Crippen molar-refractivity contribution in [2.24, 2.45) is 28.1 Å². The number of carbonyl (C=O) groups is 6. The van der Waals surface area contributed by atoms with Crippen molar-refractivity contribution in [2.45, 2.75) is 83.0 Å². The molecule has 0 saturated heterocycles. The van der Waals surface area contributed by atoms with Crippen LogP contribution in [0.2, 0.25) is 0 Å². The molecule has 0 aliphatic rings. The van der Waals surface area contributed by atoms with Gasteiger partial charge in [0, 0.05) is 19.4 Å². The van der Waals surface area contributed by atoms with E-state index in [1.807, 2.05) is 0 Å². The Morgan fingerprint density at radius 3 is 1.79 bits per heavy atom. The number of hydrogen-bond acceptors (Lipinski definition) is 8. The quantitative estimate of drug-likeness (QED) is 0.0469. The molecule has 0 radical (unpaired) electrons. The van der Waals surface area contributed by atoms with E-state index in [2.05, 4.69) is 20.9 Å². The number of carbonyl (C=O) groups excluding carboxylic acids is 3. The second-order valence-corrected chi connectivity index (χ2v) is 8.75. The van der Waals surface area contributed by atoms with Gasteiger partial charge >= 0.3 is 17.9 Å². The molecule has 0 aromatic carbocycles. The highest BCUT2D eigenvalue weighted by Gasteiger charge is 2.32. The molecule has 0 rings (SSSR count). The van der Waals surface area contributed by atoms with E-state index in [1.54, 1.807) is 13.8 Å². The predicted molar refractivity (Wildman–Crippen MR) is 135 cm³/mol. The maximum Gasteiger partial charge on any atom is 0.326 e. The van der Waals surface area contributed by atoms with Gasteiger partial charge in [-0.1, -0.05) is 20.3 Å². The van der Waals surface area contributed by atoms with E-state index in [0.29, 0.717) is 6.42 Å². The second-order valence-electron chi connectivity index (χ2n) is 8.75. The number of guanidine groups is 1. The van der Waals surface area contributed by atoms with Gasteiger partial charge in [0.1, 0.15) is 18.1 Å². The zero-order valence-corrected chi connectivity index (χ0v) is 21.5. The molecule has 0 aliphatic heterocycles. The van der Waals surface area contributed by atoms with Crippen molar-refractivity contribution in [3.8, 4) is 0 Å². The lowest BCUT2D eigenvalue weighted by atomic mass is 9.98. The van der Waals surface area contributed by atoms with Crippen LogP contribution in [0.3, 0.4) is 0 Å². The van der Waals surface area contributed by atoms with Crippen molar-refractivity contribution < 1.29 is 44.1 Å². The highest BCUT2D eigenvalue weighted by molar-refractivity contribution is 5.94. The van der Waals surface area contributed by atoms with Gasteiger partial charge in [-0.25, -0.2) is 4.79 Å². The van der Waals surface area contributed by atoms with Gasteiger partial charge in [-0.05, 0) is 31.6 Å². The Balaban J connectivity index is 5.74. The summed E-state index contributed by atoms with van der Waals surface area (Å²) in [5.74, 6) is -6.91. The summed E-state index contributed by atoms with van der Waals surface area (Å²) in [6, 6.07) is -5.21. The Morgan fingerprint density at radius 2 is 1.29 bits per heavy atom. The van der Waals surface area contributed by atoms with Crippen LogP contribution >= 0.6 is 0 Å². The molecule has 0 bridgehead atoms. The van der Waals surface area contributed by atoms with E-state index in [1.165, 1.54) is 0 Å². The number of nitrogens with one attached hydrogen (secondary N) is 3. The summed E-state index contributed by atoms with van der Waals surface area (Å²) in [5, 5.41) is 34.4. The van der Waals surface area contributed by atoms with Gasteiger partial charge in [-0.2, -0.15) is 0 Å². The van der Waals surface area contributed by atoms with Crippen LogP contribution in [-0.2, 0) is 28.8 Å². The van der Waals surface area contributed by atoms with Crippen LogP contribution in [0.4, 0.5) is 0 Å². The first-order chi connectivity index (χ1) is 17.7. The normalized spacial score (nSPS) is 14.6. The lowest BCUT2D eigenvalue weighted by Crippen LogP contribution is -2.57. The van der Waals surface area contributed by atoms with Crippen molar-refractivity contribution >= 4 is 41.6 Å². The largest absolute Gasteiger partial charge is 0.481 e. The molecule has 0 fully saturated rings. The van der Waals surface area contributed by atoms with Crippen molar-refractivity contribution in [2.75, 3.05) is 6.54 Å². The van der Waals surface area contributed by atoms with Crippen LogP contribution < -0.4 is 33.2 Å². The lowest BCUT2D eigenvalue weighted by Gasteiger charge is -2.26. The molecule has 5 unspecified atom stereocenters. The number of nitrogens with two attached hydrogens (primary N) is 3. The van der Waals surface area contributed by atoms with Gasteiger partial charge in [0.05, 0.1) is 6.04 Å². The molecule has 16 nitrogen and oxygen atoms in total. The zero-order chi connectivity index (χ0) is 29.4. The van der Waals surface area contributed by atoms with Gasteiger partial charge < -0.3 is 48.5 Å². The van der Waals surface area contributed by atoms with Crippen LogP contribution in [0.25, 0.3) is 0 Å². The minimum Gasteiger partial charge on any atom is -0.481 e. The fourth-order valence-corrected chi connectivity index (χ4v) is 3.21. The third-order valence-electron chi connectivity index (χ3n) is 5.64. The summed E-state index contributed by atoms with van der Waals surface area (Å²) in [7, 11) is 0. The van der Waals surface area contributed by atoms with Crippen LogP contribution in [0.15, 0.2) is 4.99 Å².